The molecule has 3 aromatic rings. The first-order valence-electron chi connectivity index (χ1n) is 7.26. The van der Waals surface area contributed by atoms with Gasteiger partial charge in [-0.2, -0.15) is 0 Å². The molecule has 3 rings (SSSR count). The molecular weight excluding hydrogens is 288 g/mol. The molecule has 0 bridgehead atoms. The molecule has 0 saturated heterocycles. The molecule has 0 fully saturated rings. The van der Waals surface area contributed by atoms with Gasteiger partial charge in [-0.05, 0) is 23.3 Å². The Balaban J connectivity index is 1.89. The molecule has 114 valence electrons. The van der Waals surface area contributed by atoms with E-state index >= 15 is 0 Å². The first-order chi connectivity index (χ1) is 11.2. The molecule has 0 saturated carbocycles. The van der Waals surface area contributed by atoms with Crippen molar-refractivity contribution in [1.82, 2.24) is 0 Å². The standard InChI is InChI=1S/C20H16O3/c1-23-17-11-12-18(19(21)13-17)20(22)16-9-7-15(8-10-16)14-5-3-2-4-6-14/h2-13,21H,1H3. The number of phenols is 1. The number of rotatable bonds is 4. The zero-order chi connectivity index (χ0) is 16.2. The first kappa shape index (κ1) is 14.9. The molecule has 0 aliphatic rings. The van der Waals surface area contributed by atoms with Crippen molar-refractivity contribution < 1.29 is 14.6 Å². The minimum atomic E-state index is -0.218. The molecule has 0 radical (unpaired) electrons. The molecule has 3 aromatic carbocycles. The van der Waals surface area contributed by atoms with Crippen molar-refractivity contribution in [2.75, 3.05) is 7.11 Å². The van der Waals surface area contributed by atoms with E-state index in [1.54, 1.807) is 24.3 Å². The van der Waals surface area contributed by atoms with Gasteiger partial charge in [-0.1, -0.05) is 54.6 Å². The number of carbonyl (C=O) groups excluding carboxylic acids is 1. The molecule has 0 aliphatic heterocycles. The first-order valence-corrected chi connectivity index (χ1v) is 7.26. The molecule has 3 nitrogen and oxygen atoms in total. The van der Waals surface area contributed by atoms with Gasteiger partial charge in [0.05, 0.1) is 12.7 Å². The largest absolute Gasteiger partial charge is 0.507 e. The van der Waals surface area contributed by atoms with E-state index in [1.165, 1.54) is 13.2 Å². The van der Waals surface area contributed by atoms with Gasteiger partial charge in [0.2, 0.25) is 0 Å². The predicted molar refractivity (Wildman–Crippen MR) is 90.0 cm³/mol. The average molecular weight is 304 g/mol. The monoisotopic (exact) mass is 304 g/mol. The van der Waals surface area contributed by atoms with E-state index in [-0.39, 0.29) is 17.1 Å². The van der Waals surface area contributed by atoms with Crippen molar-refractivity contribution in [3.63, 3.8) is 0 Å². The van der Waals surface area contributed by atoms with E-state index in [0.717, 1.165) is 11.1 Å². The highest BCUT2D eigenvalue weighted by Crippen LogP contribution is 2.26. The lowest BCUT2D eigenvalue weighted by Crippen LogP contribution is -2.01. The van der Waals surface area contributed by atoms with Gasteiger partial charge in [0.15, 0.2) is 5.78 Å². The fourth-order valence-electron chi connectivity index (χ4n) is 2.43. The Labute approximate surface area is 134 Å². The maximum Gasteiger partial charge on any atom is 0.196 e. The van der Waals surface area contributed by atoms with Crippen LogP contribution in [-0.2, 0) is 0 Å². The number of ketones is 1. The van der Waals surface area contributed by atoms with E-state index in [0.29, 0.717) is 11.3 Å². The van der Waals surface area contributed by atoms with Crippen LogP contribution in [0, 0.1) is 0 Å². The van der Waals surface area contributed by atoms with Crippen LogP contribution in [0.1, 0.15) is 15.9 Å². The maximum atomic E-state index is 12.5. The van der Waals surface area contributed by atoms with Gasteiger partial charge in [0.1, 0.15) is 11.5 Å². The summed E-state index contributed by atoms with van der Waals surface area (Å²) >= 11 is 0. The molecule has 0 amide bonds. The summed E-state index contributed by atoms with van der Waals surface area (Å²) in [4.78, 5) is 12.5. The Kier molecular flexibility index (Phi) is 4.11. The smallest absolute Gasteiger partial charge is 0.196 e. The number of ether oxygens (including phenoxy) is 1. The second-order valence-corrected chi connectivity index (χ2v) is 5.16. The lowest BCUT2D eigenvalue weighted by Gasteiger charge is -2.07. The second kappa shape index (κ2) is 6.36. The third-order valence-electron chi connectivity index (χ3n) is 3.70. The van der Waals surface area contributed by atoms with Gasteiger partial charge in [-0.3, -0.25) is 4.79 Å². The Hall–Kier alpha value is -3.07. The van der Waals surface area contributed by atoms with Crippen LogP contribution in [0.15, 0.2) is 72.8 Å². The molecule has 0 heterocycles. The summed E-state index contributed by atoms with van der Waals surface area (Å²) in [6, 6.07) is 22.0. The van der Waals surface area contributed by atoms with Gasteiger partial charge in [0, 0.05) is 11.6 Å². The van der Waals surface area contributed by atoms with Crippen molar-refractivity contribution in [3.8, 4) is 22.6 Å². The Morgan fingerprint density at radius 2 is 1.52 bits per heavy atom. The second-order valence-electron chi connectivity index (χ2n) is 5.16. The summed E-state index contributed by atoms with van der Waals surface area (Å²) in [5, 5.41) is 9.99. The van der Waals surface area contributed by atoms with Crippen molar-refractivity contribution in [3.05, 3.63) is 83.9 Å². The number of phenolic OH excluding ortho intramolecular Hbond substituents is 1. The summed E-state index contributed by atoms with van der Waals surface area (Å²) in [6.07, 6.45) is 0. The molecule has 0 aliphatic carbocycles. The van der Waals surface area contributed by atoms with Crippen LogP contribution in [0.25, 0.3) is 11.1 Å². The van der Waals surface area contributed by atoms with Gasteiger partial charge in [-0.15, -0.1) is 0 Å². The minimum Gasteiger partial charge on any atom is -0.507 e. The van der Waals surface area contributed by atoms with Gasteiger partial charge >= 0.3 is 0 Å². The Bertz CT molecular complexity index is 821. The fraction of sp³-hybridized carbons (Fsp3) is 0.0500. The third-order valence-corrected chi connectivity index (χ3v) is 3.70. The van der Waals surface area contributed by atoms with Crippen LogP contribution in [0.5, 0.6) is 11.5 Å². The lowest BCUT2D eigenvalue weighted by molar-refractivity contribution is 0.103. The highest BCUT2D eigenvalue weighted by molar-refractivity contribution is 6.10. The van der Waals surface area contributed by atoms with E-state index in [1.807, 2.05) is 42.5 Å². The van der Waals surface area contributed by atoms with Crippen molar-refractivity contribution in [1.29, 1.82) is 0 Å². The fourth-order valence-corrected chi connectivity index (χ4v) is 2.43. The molecule has 1 N–H and O–H groups in total. The van der Waals surface area contributed by atoms with Gasteiger partial charge in [0.25, 0.3) is 0 Å². The van der Waals surface area contributed by atoms with Crippen LogP contribution in [0.3, 0.4) is 0 Å². The van der Waals surface area contributed by atoms with Crippen molar-refractivity contribution in [2.45, 2.75) is 0 Å². The summed E-state index contributed by atoms with van der Waals surface area (Å²) in [5.74, 6) is 0.213. The van der Waals surface area contributed by atoms with Crippen LogP contribution in [-0.4, -0.2) is 18.0 Å². The highest BCUT2D eigenvalue weighted by atomic mass is 16.5. The minimum absolute atomic E-state index is 0.0820. The number of methoxy groups -OCH3 is 1. The molecule has 3 heteroatoms. The van der Waals surface area contributed by atoms with Crippen molar-refractivity contribution in [2.24, 2.45) is 0 Å². The number of carbonyl (C=O) groups is 1. The molecule has 0 spiro atoms. The van der Waals surface area contributed by atoms with E-state index < -0.39 is 0 Å². The molecule has 0 unspecified atom stereocenters. The molecular formula is C20H16O3. The van der Waals surface area contributed by atoms with Crippen LogP contribution in [0.2, 0.25) is 0 Å². The number of hydrogen-bond donors (Lipinski definition) is 1. The van der Waals surface area contributed by atoms with Gasteiger partial charge < -0.3 is 9.84 Å². The summed E-state index contributed by atoms with van der Waals surface area (Å²) in [6.45, 7) is 0. The third kappa shape index (κ3) is 3.09. The van der Waals surface area contributed by atoms with E-state index in [4.69, 9.17) is 4.74 Å². The highest BCUT2D eigenvalue weighted by Gasteiger charge is 2.14. The Morgan fingerprint density at radius 1 is 0.870 bits per heavy atom. The van der Waals surface area contributed by atoms with E-state index in [9.17, 15) is 9.90 Å². The van der Waals surface area contributed by atoms with Crippen molar-refractivity contribution >= 4 is 5.78 Å². The number of aromatic hydroxyl groups is 1. The maximum absolute atomic E-state index is 12.5. The normalized spacial score (nSPS) is 10.3. The lowest BCUT2D eigenvalue weighted by atomic mass is 9.99. The molecule has 0 aromatic heterocycles. The quantitative estimate of drug-likeness (QED) is 0.731. The van der Waals surface area contributed by atoms with Crippen LogP contribution in [0.4, 0.5) is 0 Å². The van der Waals surface area contributed by atoms with Crippen LogP contribution < -0.4 is 4.74 Å². The topological polar surface area (TPSA) is 46.5 Å². The summed E-state index contributed by atoms with van der Waals surface area (Å²) in [7, 11) is 1.51. The molecule has 0 atom stereocenters. The zero-order valence-electron chi connectivity index (χ0n) is 12.7. The zero-order valence-corrected chi connectivity index (χ0v) is 12.7. The summed E-state index contributed by atoms with van der Waals surface area (Å²) in [5.41, 5.74) is 2.93. The predicted octanol–water partition coefficient (Wildman–Crippen LogP) is 4.30. The Morgan fingerprint density at radius 3 is 2.13 bits per heavy atom. The summed E-state index contributed by atoms with van der Waals surface area (Å²) < 4.78 is 5.03. The number of hydrogen-bond acceptors (Lipinski definition) is 3. The number of benzene rings is 3. The average Bonchev–Trinajstić information content (AvgIpc) is 2.62. The van der Waals surface area contributed by atoms with Crippen LogP contribution >= 0.6 is 0 Å². The SMILES string of the molecule is COc1ccc(C(=O)c2ccc(-c3ccccc3)cc2)c(O)c1. The molecule has 23 heavy (non-hydrogen) atoms. The van der Waals surface area contributed by atoms with E-state index in [2.05, 4.69) is 0 Å². The van der Waals surface area contributed by atoms with Gasteiger partial charge in [-0.25, -0.2) is 0 Å².